The SMILES string of the molecule is CC(C)n1cccc1C(=O)N[C@@H](C)CO. The lowest BCUT2D eigenvalue weighted by atomic mass is 10.3. The van der Waals surface area contributed by atoms with E-state index in [4.69, 9.17) is 5.11 Å². The van der Waals surface area contributed by atoms with E-state index in [0.717, 1.165) is 0 Å². The van der Waals surface area contributed by atoms with Crippen LogP contribution in [-0.2, 0) is 0 Å². The van der Waals surface area contributed by atoms with Gasteiger partial charge in [-0.15, -0.1) is 0 Å². The molecule has 0 bridgehead atoms. The second kappa shape index (κ2) is 4.98. The van der Waals surface area contributed by atoms with Gasteiger partial charge in [0.2, 0.25) is 0 Å². The molecule has 1 heterocycles. The number of nitrogens with one attached hydrogen (secondary N) is 1. The number of carbonyl (C=O) groups is 1. The summed E-state index contributed by atoms with van der Waals surface area (Å²) in [6, 6.07) is 3.66. The van der Waals surface area contributed by atoms with Crippen LogP contribution in [0, 0.1) is 0 Å². The Morgan fingerprint density at radius 2 is 2.20 bits per heavy atom. The first kappa shape index (κ1) is 11.8. The van der Waals surface area contributed by atoms with Crippen LogP contribution in [0.1, 0.15) is 37.3 Å². The molecule has 0 fully saturated rings. The van der Waals surface area contributed by atoms with Crippen LogP contribution in [0.2, 0.25) is 0 Å². The maximum absolute atomic E-state index is 11.8. The van der Waals surface area contributed by atoms with Gasteiger partial charge in [-0.25, -0.2) is 0 Å². The van der Waals surface area contributed by atoms with Gasteiger partial charge in [-0.05, 0) is 32.9 Å². The molecule has 4 heteroatoms. The van der Waals surface area contributed by atoms with Gasteiger partial charge in [0.05, 0.1) is 6.61 Å². The molecule has 0 unspecified atom stereocenters. The highest BCUT2D eigenvalue weighted by Gasteiger charge is 2.13. The highest BCUT2D eigenvalue weighted by atomic mass is 16.3. The van der Waals surface area contributed by atoms with Crippen molar-refractivity contribution in [1.82, 2.24) is 9.88 Å². The van der Waals surface area contributed by atoms with Gasteiger partial charge in [0.25, 0.3) is 5.91 Å². The van der Waals surface area contributed by atoms with E-state index in [1.807, 2.05) is 30.7 Å². The van der Waals surface area contributed by atoms with Crippen molar-refractivity contribution in [3.8, 4) is 0 Å². The fourth-order valence-corrected chi connectivity index (χ4v) is 1.38. The lowest BCUT2D eigenvalue weighted by Gasteiger charge is -2.15. The number of aliphatic hydroxyl groups is 1. The minimum atomic E-state index is -0.215. The topological polar surface area (TPSA) is 54.3 Å². The van der Waals surface area contributed by atoms with Crippen molar-refractivity contribution in [2.75, 3.05) is 6.61 Å². The molecular formula is C11H18N2O2. The summed E-state index contributed by atoms with van der Waals surface area (Å²) in [7, 11) is 0. The standard InChI is InChI=1S/C11H18N2O2/c1-8(2)13-6-4-5-10(13)11(15)12-9(3)7-14/h4-6,8-9,14H,7H2,1-3H3,(H,12,15)/t9-/m0/s1. The zero-order chi connectivity index (χ0) is 11.4. The number of hydrogen-bond acceptors (Lipinski definition) is 2. The number of carbonyl (C=O) groups excluding carboxylic acids is 1. The van der Waals surface area contributed by atoms with Crippen LogP contribution in [0.15, 0.2) is 18.3 Å². The minimum absolute atomic E-state index is 0.0475. The van der Waals surface area contributed by atoms with E-state index in [2.05, 4.69) is 5.32 Å². The lowest BCUT2D eigenvalue weighted by Crippen LogP contribution is -2.36. The molecule has 0 saturated heterocycles. The third-order valence-corrected chi connectivity index (χ3v) is 2.22. The van der Waals surface area contributed by atoms with Crippen LogP contribution < -0.4 is 5.32 Å². The molecule has 1 rings (SSSR count). The molecule has 1 amide bonds. The van der Waals surface area contributed by atoms with Gasteiger partial charge in [0.1, 0.15) is 5.69 Å². The first-order valence-electron chi connectivity index (χ1n) is 5.14. The Morgan fingerprint density at radius 1 is 1.53 bits per heavy atom. The van der Waals surface area contributed by atoms with Crippen molar-refractivity contribution in [2.45, 2.75) is 32.9 Å². The minimum Gasteiger partial charge on any atom is -0.394 e. The normalized spacial score (nSPS) is 12.9. The Hall–Kier alpha value is -1.29. The van der Waals surface area contributed by atoms with Gasteiger partial charge in [-0.1, -0.05) is 0 Å². The zero-order valence-electron chi connectivity index (χ0n) is 9.40. The van der Waals surface area contributed by atoms with Gasteiger partial charge < -0.3 is 15.0 Å². The molecule has 2 N–H and O–H groups in total. The lowest BCUT2D eigenvalue weighted by molar-refractivity contribution is 0.0911. The number of amides is 1. The fourth-order valence-electron chi connectivity index (χ4n) is 1.38. The molecule has 0 aliphatic rings. The summed E-state index contributed by atoms with van der Waals surface area (Å²) in [5, 5.41) is 11.6. The van der Waals surface area contributed by atoms with Gasteiger partial charge in [-0.2, -0.15) is 0 Å². The van der Waals surface area contributed by atoms with Crippen molar-refractivity contribution < 1.29 is 9.90 Å². The first-order valence-corrected chi connectivity index (χ1v) is 5.14. The van der Waals surface area contributed by atoms with E-state index in [-0.39, 0.29) is 24.6 Å². The van der Waals surface area contributed by atoms with Gasteiger partial charge in [0.15, 0.2) is 0 Å². The maximum atomic E-state index is 11.8. The largest absolute Gasteiger partial charge is 0.394 e. The number of rotatable bonds is 4. The van der Waals surface area contributed by atoms with Gasteiger partial charge in [-0.3, -0.25) is 4.79 Å². The second-order valence-electron chi connectivity index (χ2n) is 3.95. The predicted octanol–water partition coefficient (Wildman–Crippen LogP) is 1.18. The molecule has 4 nitrogen and oxygen atoms in total. The third kappa shape index (κ3) is 2.83. The predicted molar refractivity (Wildman–Crippen MR) is 58.8 cm³/mol. The summed E-state index contributed by atoms with van der Waals surface area (Å²) < 4.78 is 1.90. The summed E-state index contributed by atoms with van der Waals surface area (Å²) in [4.78, 5) is 11.8. The maximum Gasteiger partial charge on any atom is 0.268 e. The number of aliphatic hydroxyl groups excluding tert-OH is 1. The van der Waals surface area contributed by atoms with E-state index < -0.39 is 0 Å². The molecule has 0 aliphatic heterocycles. The van der Waals surface area contributed by atoms with Crippen LogP contribution in [0.3, 0.4) is 0 Å². The molecule has 1 aromatic rings. The van der Waals surface area contributed by atoms with Gasteiger partial charge in [0, 0.05) is 18.3 Å². The molecule has 0 saturated carbocycles. The molecular weight excluding hydrogens is 192 g/mol. The summed E-state index contributed by atoms with van der Waals surface area (Å²) in [5.74, 6) is -0.143. The molecule has 0 spiro atoms. The quantitative estimate of drug-likeness (QED) is 0.784. The number of hydrogen-bond donors (Lipinski definition) is 2. The van der Waals surface area contributed by atoms with Crippen LogP contribution in [0.25, 0.3) is 0 Å². The summed E-state index contributed by atoms with van der Waals surface area (Å²) in [6.07, 6.45) is 1.88. The van der Waals surface area contributed by atoms with E-state index in [1.54, 1.807) is 13.0 Å². The number of nitrogens with zero attached hydrogens (tertiary/aromatic N) is 1. The third-order valence-electron chi connectivity index (χ3n) is 2.22. The average Bonchev–Trinajstić information content (AvgIpc) is 2.65. The highest BCUT2D eigenvalue weighted by Crippen LogP contribution is 2.10. The number of aromatic nitrogens is 1. The zero-order valence-corrected chi connectivity index (χ0v) is 9.40. The molecule has 15 heavy (non-hydrogen) atoms. The summed E-state index contributed by atoms with van der Waals surface area (Å²) in [6.45, 7) is 5.76. The molecule has 0 aliphatic carbocycles. The molecule has 0 aromatic carbocycles. The monoisotopic (exact) mass is 210 g/mol. The van der Waals surface area contributed by atoms with Crippen molar-refractivity contribution in [3.63, 3.8) is 0 Å². The van der Waals surface area contributed by atoms with Crippen LogP contribution in [-0.4, -0.2) is 28.2 Å². The van der Waals surface area contributed by atoms with Crippen LogP contribution >= 0.6 is 0 Å². The van der Waals surface area contributed by atoms with E-state index in [1.165, 1.54) is 0 Å². The van der Waals surface area contributed by atoms with Crippen molar-refractivity contribution in [1.29, 1.82) is 0 Å². The highest BCUT2D eigenvalue weighted by molar-refractivity contribution is 5.92. The average molecular weight is 210 g/mol. The molecule has 0 radical (unpaired) electrons. The smallest absolute Gasteiger partial charge is 0.268 e. The Balaban J connectivity index is 2.77. The van der Waals surface area contributed by atoms with E-state index in [0.29, 0.717) is 5.69 Å². The Kier molecular flexibility index (Phi) is 3.91. The molecule has 1 aromatic heterocycles. The Labute approximate surface area is 89.9 Å². The van der Waals surface area contributed by atoms with Crippen molar-refractivity contribution in [3.05, 3.63) is 24.0 Å². The van der Waals surface area contributed by atoms with Gasteiger partial charge >= 0.3 is 0 Å². The molecule has 1 atom stereocenters. The van der Waals surface area contributed by atoms with E-state index >= 15 is 0 Å². The fraction of sp³-hybridized carbons (Fsp3) is 0.545. The summed E-state index contributed by atoms with van der Waals surface area (Å²) >= 11 is 0. The first-order chi connectivity index (χ1) is 7.06. The summed E-state index contributed by atoms with van der Waals surface area (Å²) in [5.41, 5.74) is 0.630. The van der Waals surface area contributed by atoms with Crippen LogP contribution in [0.5, 0.6) is 0 Å². The van der Waals surface area contributed by atoms with Crippen molar-refractivity contribution >= 4 is 5.91 Å². The Morgan fingerprint density at radius 3 is 2.73 bits per heavy atom. The van der Waals surface area contributed by atoms with Crippen molar-refractivity contribution in [2.24, 2.45) is 0 Å². The van der Waals surface area contributed by atoms with Crippen LogP contribution in [0.4, 0.5) is 0 Å². The Bertz CT molecular complexity index is 331. The molecule has 84 valence electrons. The van der Waals surface area contributed by atoms with E-state index in [9.17, 15) is 4.79 Å². The second-order valence-corrected chi connectivity index (χ2v) is 3.95.